The van der Waals surface area contributed by atoms with Gasteiger partial charge in [0.25, 0.3) is 0 Å². The molecular formula is C28H32N6O. The van der Waals surface area contributed by atoms with E-state index in [0.29, 0.717) is 12.5 Å². The molecule has 1 N–H and O–H groups in total. The Balaban J connectivity index is 1.40. The first-order chi connectivity index (χ1) is 16.9. The van der Waals surface area contributed by atoms with E-state index in [1.807, 2.05) is 54.1 Å². The number of nitrogens with zero attached hydrogens (tertiary/aromatic N) is 5. The van der Waals surface area contributed by atoms with Crippen LogP contribution in [0.15, 0.2) is 54.6 Å². The second kappa shape index (κ2) is 9.49. The Labute approximate surface area is 206 Å². The van der Waals surface area contributed by atoms with Crippen molar-refractivity contribution in [3.05, 3.63) is 71.5 Å². The van der Waals surface area contributed by atoms with Gasteiger partial charge in [-0.15, -0.1) is 5.10 Å². The number of piperidine rings is 1. The SMILES string of the molecule is Cc1nnc(N2CCC[C@@H](C(=O)Nc3ccc(C(C)C)cc3)C2)c2nn(-c3ccccc3)c(C)c12. The first-order valence-electron chi connectivity index (χ1n) is 12.4. The molecule has 7 heteroatoms. The van der Waals surface area contributed by atoms with Gasteiger partial charge in [-0.25, -0.2) is 4.68 Å². The van der Waals surface area contributed by atoms with Gasteiger partial charge < -0.3 is 10.2 Å². The summed E-state index contributed by atoms with van der Waals surface area (Å²) in [5, 5.41) is 18.1. The highest BCUT2D eigenvalue weighted by molar-refractivity contribution is 5.94. The average Bonchev–Trinajstić information content (AvgIpc) is 3.23. The van der Waals surface area contributed by atoms with Crippen LogP contribution in [-0.2, 0) is 4.79 Å². The number of fused-ring (bicyclic) bond motifs is 1. The van der Waals surface area contributed by atoms with Crippen molar-refractivity contribution in [2.45, 2.75) is 46.5 Å². The first kappa shape index (κ1) is 23.0. The molecule has 1 fully saturated rings. The van der Waals surface area contributed by atoms with Crippen LogP contribution < -0.4 is 10.2 Å². The largest absolute Gasteiger partial charge is 0.352 e. The number of rotatable bonds is 5. The lowest BCUT2D eigenvalue weighted by Gasteiger charge is -2.32. The zero-order chi connectivity index (χ0) is 24.5. The van der Waals surface area contributed by atoms with Gasteiger partial charge in [-0.2, -0.15) is 10.2 Å². The van der Waals surface area contributed by atoms with Gasteiger partial charge in [0.15, 0.2) is 5.82 Å². The summed E-state index contributed by atoms with van der Waals surface area (Å²) in [5.74, 6) is 1.15. The molecule has 0 unspecified atom stereocenters. The third-order valence-corrected chi connectivity index (χ3v) is 6.92. The van der Waals surface area contributed by atoms with Crippen molar-refractivity contribution in [3.8, 4) is 5.69 Å². The van der Waals surface area contributed by atoms with E-state index >= 15 is 0 Å². The highest BCUT2D eigenvalue weighted by atomic mass is 16.1. The molecule has 1 aliphatic rings. The third-order valence-electron chi connectivity index (χ3n) is 6.92. The molecule has 2 aromatic heterocycles. The number of hydrogen-bond acceptors (Lipinski definition) is 5. The van der Waals surface area contributed by atoms with Crippen LogP contribution in [0.25, 0.3) is 16.6 Å². The molecule has 1 atom stereocenters. The van der Waals surface area contributed by atoms with Crippen LogP contribution in [0.1, 0.15) is 49.6 Å². The van der Waals surface area contributed by atoms with Crippen molar-refractivity contribution >= 4 is 28.3 Å². The second-order valence-corrected chi connectivity index (χ2v) is 9.72. The molecule has 1 saturated heterocycles. The van der Waals surface area contributed by atoms with Crippen molar-refractivity contribution in [3.63, 3.8) is 0 Å². The number of nitrogens with one attached hydrogen (secondary N) is 1. The standard InChI is InChI=1S/C28H32N6O/c1-18(2)21-12-14-23(15-13-21)29-28(35)22-9-8-16-33(17-22)27-26-25(19(3)30-31-27)20(4)34(32-26)24-10-6-5-7-11-24/h5-7,10-15,18,22H,8-9,16-17H2,1-4H3,(H,29,35)/t22-/m1/s1. The van der Waals surface area contributed by atoms with E-state index in [2.05, 4.69) is 53.3 Å². The zero-order valence-electron chi connectivity index (χ0n) is 20.8. The Morgan fingerprint density at radius 3 is 2.49 bits per heavy atom. The minimum absolute atomic E-state index is 0.0503. The normalized spacial score (nSPS) is 16.1. The number of benzene rings is 2. The van der Waals surface area contributed by atoms with Crippen molar-refractivity contribution in [2.24, 2.45) is 5.92 Å². The minimum atomic E-state index is -0.121. The number of amides is 1. The van der Waals surface area contributed by atoms with Gasteiger partial charge >= 0.3 is 0 Å². The lowest BCUT2D eigenvalue weighted by molar-refractivity contribution is -0.120. The maximum Gasteiger partial charge on any atom is 0.229 e. The highest BCUT2D eigenvalue weighted by Crippen LogP contribution is 2.32. The summed E-state index contributed by atoms with van der Waals surface area (Å²) in [7, 11) is 0. The molecule has 0 bridgehead atoms. The Kier molecular flexibility index (Phi) is 6.24. The number of carbonyl (C=O) groups excluding carboxylic acids is 1. The molecule has 1 amide bonds. The predicted octanol–water partition coefficient (Wildman–Crippen LogP) is 5.41. The van der Waals surface area contributed by atoms with Crippen LogP contribution in [0.4, 0.5) is 11.5 Å². The molecule has 180 valence electrons. The van der Waals surface area contributed by atoms with E-state index < -0.39 is 0 Å². The van der Waals surface area contributed by atoms with Gasteiger partial charge in [-0.1, -0.05) is 44.2 Å². The molecule has 1 aliphatic heterocycles. The lowest BCUT2D eigenvalue weighted by atomic mass is 9.96. The molecule has 0 radical (unpaired) electrons. The fourth-order valence-electron chi connectivity index (χ4n) is 4.92. The zero-order valence-corrected chi connectivity index (χ0v) is 20.8. The Hall–Kier alpha value is -3.74. The Morgan fingerprint density at radius 1 is 1.03 bits per heavy atom. The Morgan fingerprint density at radius 2 is 1.77 bits per heavy atom. The summed E-state index contributed by atoms with van der Waals surface area (Å²) in [6.45, 7) is 9.80. The van der Waals surface area contributed by atoms with Crippen LogP contribution in [0, 0.1) is 19.8 Å². The summed E-state index contributed by atoms with van der Waals surface area (Å²) in [5.41, 5.74) is 5.84. The molecule has 0 spiro atoms. The van der Waals surface area contributed by atoms with E-state index in [4.69, 9.17) is 5.10 Å². The summed E-state index contributed by atoms with van der Waals surface area (Å²) in [6, 6.07) is 18.2. The smallest absolute Gasteiger partial charge is 0.229 e. The van der Waals surface area contributed by atoms with Crippen LogP contribution in [-0.4, -0.2) is 39.0 Å². The number of carbonyl (C=O) groups is 1. The van der Waals surface area contributed by atoms with Gasteiger partial charge in [0.05, 0.1) is 28.4 Å². The van der Waals surface area contributed by atoms with Gasteiger partial charge in [0, 0.05) is 18.8 Å². The van der Waals surface area contributed by atoms with E-state index in [1.54, 1.807) is 0 Å². The molecule has 0 saturated carbocycles. The summed E-state index contributed by atoms with van der Waals surface area (Å²) >= 11 is 0. The van der Waals surface area contributed by atoms with Crippen molar-refractivity contribution < 1.29 is 4.79 Å². The fourth-order valence-corrected chi connectivity index (χ4v) is 4.92. The summed E-state index contributed by atoms with van der Waals surface area (Å²) < 4.78 is 1.96. The summed E-state index contributed by atoms with van der Waals surface area (Å²) in [6.07, 6.45) is 1.77. The minimum Gasteiger partial charge on any atom is -0.352 e. The molecule has 5 rings (SSSR count). The lowest BCUT2D eigenvalue weighted by Crippen LogP contribution is -2.41. The van der Waals surface area contributed by atoms with Crippen LogP contribution >= 0.6 is 0 Å². The van der Waals surface area contributed by atoms with Crippen molar-refractivity contribution in [1.82, 2.24) is 20.0 Å². The number of para-hydroxylation sites is 1. The fraction of sp³-hybridized carbons (Fsp3) is 0.357. The molecular weight excluding hydrogens is 436 g/mol. The molecule has 4 aromatic rings. The van der Waals surface area contributed by atoms with E-state index in [1.165, 1.54) is 5.56 Å². The molecule has 7 nitrogen and oxygen atoms in total. The van der Waals surface area contributed by atoms with Gasteiger partial charge in [-0.3, -0.25) is 4.79 Å². The number of anilines is 2. The first-order valence-corrected chi connectivity index (χ1v) is 12.4. The third kappa shape index (κ3) is 4.50. The van der Waals surface area contributed by atoms with Crippen molar-refractivity contribution in [1.29, 1.82) is 0 Å². The van der Waals surface area contributed by atoms with Crippen LogP contribution in [0.2, 0.25) is 0 Å². The molecule has 35 heavy (non-hydrogen) atoms. The van der Waals surface area contributed by atoms with Crippen LogP contribution in [0.5, 0.6) is 0 Å². The molecule has 0 aliphatic carbocycles. The van der Waals surface area contributed by atoms with Gasteiger partial charge in [-0.05, 0) is 62.4 Å². The number of aromatic nitrogens is 4. The average molecular weight is 469 g/mol. The van der Waals surface area contributed by atoms with E-state index in [0.717, 1.165) is 58.9 Å². The number of aryl methyl sites for hydroxylation is 2. The van der Waals surface area contributed by atoms with Crippen molar-refractivity contribution in [2.75, 3.05) is 23.3 Å². The number of hydrogen-bond donors (Lipinski definition) is 1. The second-order valence-electron chi connectivity index (χ2n) is 9.72. The topological polar surface area (TPSA) is 75.9 Å². The van der Waals surface area contributed by atoms with Crippen LogP contribution in [0.3, 0.4) is 0 Å². The summed E-state index contributed by atoms with van der Waals surface area (Å²) in [4.78, 5) is 15.3. The predicted molar refractivity (Wildman–Crippen MR) is 140 cm³/mol. The molecule has 2 aromatic carbocycles. The van der Waals surface area contributed by atoms with Gasteiger partial charge in [0.1, 0.15) is 5.52 Å². The monoisotopic (exact) mass is 468 g/mol. The highest BCUT2D eigenvalue weighted by Gasteiger charge is 2.29. The van der Waals surface area contributed by atoms with E-state index in [-0.39, 0.29) is 11.8 Å². The Bertz CT molecular complexity index is 1340. The van der Waals surface area contributed by atoms with E-state index in [9.17, 15) is 4.79 Å². The maximum atomic E-state index is 13.1. The quantitative estimate of drug-likeness (QED) is 0.424. The maximum absolute atomic E-state index is 13.1. The molecule has 3 heterocycles. The van der Waals surface area contributed by atoms with Gasteiger partial charge in [0.2, 0.25) is 5.91 Å².